The highest BCUT2D eigenvalue weighted by molar-refractivity contribution is 7.18. The van der Waals surface area contributed by atoms with Gasteiger partial charge in [0.25, 0.3) is 5.56 Å². The molecule has 5 heteroatoms. The lowest BCUT2D eigenvalue weighted by Gasteiger charge is -2.11. The topological polar surface area (TPSA) is 44.1 Å². The van der Waals surface area contributed by atoms with Gasteiger partial charge in [-0.05, 0) is 43.4 Å². The van der Waals surface area contributed by atoms with Crippen molar-refractivity contribution in [2.24, 2.45) is 0 Å². The van der Waals surface area contributed by atoms with E-state index in [1.807, 2.05) is 30.3 Å². The van der Waals surface area contributed by atoms with Gasteiger partial charge in [0.2, 0.25) is 0 Å². The fraction of sp³-hybridized carbons (Fsp3) is 0.333. The summed E-state index contributed by atoms with van der Waals surface area (Å²) in [4.78, 5) is 19.5. The van der Waals surface area contributed by atoms with Crippen molar-refractivity contribution in [1.82, 2.24) is 9.55 Å². The lowest BCUT2D eigenvalue weighted by Crippen LogP contribution is -2.24. The summed E-state index contributed by atoms with van der Waals surface area (Å²) in [5, 5.41) is 0.840. The van der Waals surface area contributed by atoms with Crippen LogP contribution < -0.4 is 10.3 Å². The third-order valence-electron chi connectivity index (χ3n) is 4.29. The first-order valence-corrected chi connectivity index (χ1v) is 8.82. The Morgan fingerprint density at radius 2 is 2.00 bits per heavy atom. The smallest absolute Gasteiger partial charge is 0.262 e. The van der Waals surface area contributed by atoms with Crippen LogP contribution in [0.1, 0.15) is 23.3 Å². The molecule has 2 heterocycles. The van der Waals surface area contributed by atoms with E-state index >= 15 is 0 Å². The van der Waals surface area contributed by atoms with Gasteiger partial charge in [0, 0.05) is 4.88 Å². The van der Waals surface area contributed by atoms with Gasteiger partial charge in [-0.1, -0.05) is 18.2 Å². The first-order valence-electron chi connectivity index (χ1n) is 8.00. The van der Waals surface area contributed by atoms with Crippen LogP contribution in [0.5, 0.6) is 5.75 Å². The predicted molar refractivity (Wildman–Crippen MR) is 92.5 cm³/mol. The summed E-state index contributed by atoms with van der Waals surface area (Å²) in [6.07, 6.45) is 6.15. The first kappa shape index (κ1) is 14.5. The molecule has 0 unspecified atom stereocenters. The Bertz CT molecular complexity index is 883. The second kappa shape index (κ2) is 6.16. The van der Waals surface area contributed by atoms with Gasteiger partial charge in [0.1, 0.15) is 17.2 Å². The Kier molecular flexibility index (Phi) is 3.87. The number of rotatable bonds is 4. The molecular weight excluding hydrogens is 308 g/mol. The molecule has 0 N–H and O–H groups in total. The molecule has 1 aliphatic carbocycles. The van der Waals surface area contributed by atoms with E-state index in [1.165, 1.54) is 23.3 Å². The minimum Gasteiger partial charge on any atom is -0.492 e. The molecular formula is C18H18N2O2S. The third-order valence-corrected chi connectivity index (χ3v) is 5.49. The molecule has 0 bridgehead atoms. The van der Waals surface area contributed by atoms with Crippen LogP contribution in [0.4, 0.5) is 0 Å². The zero-order valence-corrected chi connectivity index (χ0v) is 13.6. The SMILES string of the molecule is O=c1c2c3c(sc2ncn1CCOc1ccccc1)CCCC3. The quantitative estimate of drug-likeness (QED) is 0.738. The summed E-state index contributed by atoms with van der Waals surface area (Å²) >= 11 is 1.69. The largest absolute Gasteiger partial charge is 0.492 e. The molecule has 3 aromatic rings. The summed E-state index contributed by atoms with van der Waals surface area (Å²) < 4.78 is 7.36. The molecule has 2 aromatic heterocycles. The zero-order valence-electron chi connectivity index (χ0n) is 12.8. The normalized spacial score (nSPS) is 13.9. The van der Waals surface area contributed by atoms with Crippen molar-refractivity contribution in [3.8, 4) is 5.75 Å². The highest BCUT2D eigenvalue weighted by atomic mass is 32.1. The molecule has 0 aliphatic heterocycles. The number of ether oxygens (including phenoxy) is 1. The van der Waals surface area contributed by atoms with Crippen molar-refractivity contribution in [1.29, 1.82) is 0 Å². The van der Waals surface area contributed by atoms with Crippen molar-refractivity contribution in [3.63, 3.8) is 0 Å². The van der Waals surface area contributed by atoms with Crippen molar-refractivity contribution < 1.29 is 4.74 Å². The van der Waals surface area contributed by atoms with Gasteiger partial charge in [-0.2, -0.15) is 0 Å². The van der Waals surface area contributed by atoms with E-state index in [0.29, 0.717) is 13.2 Å². The molecule has 4 rings (SSSR count). The molecule has 1 aliphatic rings. The van der Waals surface area contributed by atoms with Crippen molar-refractivity contribution in [2.45, 2.75) is 32.2 Å². The van der Waals surface area contributed by atoms with Gasteiger partial charge < -0.3 is 4.74 Å². The monoisotopic (exact) mass is 326 g/mol. The minimum atomic E-state index is 0.0751. The zero-order chi connectivity index (χ0) is 15.6. The van der Waals surface area contributed by atoms with E-state index in [-0.39, 0.29) is 5.56 Å². The summed E-state index contributed by atoms with van der Waals surface area (Å²) in [6.45, 7) is 0.977. The van der Waals surface area contributed by atoms with E-state index in [0.717, 1.165) is 28.8 Å². The highest BCUT2D eigenvalue weighted by Crippen LogP contribution is 2.33. The molecule has 1 aromatic carbocycles. The van der Waals surface area contributed by atoms with E-state index in [2.05, 4.69) is 4.98 Å². The van der Waals surface area contributed by atoms with Gasteiger partial charge in [-0.25, -0.2) is 4.98 Å². The van der Waals surface area contributed by atoms with Crippen LogP contribution >= 0.6 is 11.3 Å². The Morgan fingerprint density at radius 1 is 1.17 bits per heavy atom. The number of hydrogen-bond donors (Lipinski definition) is 0. The van der Waals surface area contributed by atoms with E-state index in [4.69, 9.17) is 4.74 Å². The molecule has 0 saturated heterocycles. The molecule has 0 atom stereocenters. The second-order valence-electron chi connectivity index (χ2n) is 5.80. The van der Waals surface area contributed by atoms with Gasteiger partial charge in [-0.15, -0.1) is 11.3 Å². The number of aryl methyl sites for hydroxylation is 2. The maximum absolute atomic E-state index is 12.8. The van der Waals surface area contributed by atoms with Crippen molar-refractivity contribution in [3.05, 3.63) is 57.5 Å². The second-order valence-corrected chi connectivity index (χ2v) is 6.88. The lowest BCUT2D eigenvalue weighted by molar-refractivity contribution is 0.296. The Morgan fingerprint density at radius 3 is 2.87 bits per heavy atom. The molecule has 0 radical (unpaired) electrons. The number of hydrogen-bond acceptors (Lipinski definition) is 4. The first-order chi connectivity index (χ1) is 11.3. The number of benzene rings is 1. The Hall–Kier alpha value is -2.14. The van der Waals surface area contributed by atoms with Crippen molar-refractivity contribution in [2.75, 3.05) is 6.61 Å². The molecule has 4 nitrogen and oxygen atoms in total. The van der Waals surface area contributed by atoms with Crippen LogP contribution in [0, 0.1) is 0 Å². The highest BCUT2D eigenvalue weighted by Gasteiger charge is 2.19. The fourth-order valence-corrected chi connectivity index (χ4v) is 4.34. The van der Waals surface area contributed by atoms with E-state index in [9.17, 15) is 4.79 Å². The van der Waals surface area contributed by atoms with Crippen LogP contribution in [0.25, 0.3) is 10.2 Å². The molecule has 23 heavy (non-hydrogen) atoms. The molecule has 0 amide bonds. The number of nitrogens with zero attached hydrogens (tertiary/aromatic N) is 2. The van der Waals surface area contributed by atoms with Gasteiger partial charge in [0.05, 0.1) is 18.3 Å². The number of thiophene rings is 1. The molecule has 118 valence electrons. The fourth-order valence-electron chi connectivity index (χ4n) is 3.12. The van der Waals surface area contributed by atoms with Gasteiger partial charge >= 0.3 is 0 Å². The summed E-state index contributed by atoms with van der Waals surface area (Å²) in [7, 11) is 0. The summed E-state index contributed by atoms with van der Waals surface area (Å²) in [6, 6.07) is 9.66. The number of aromatic nitrogens is 2. The number of fused-ring (bicyclic) bond motifs is 3. The molecule has 0 saturated carbocycles. The Balaban J connectivity index is 1.58. The average molecular weight is 326 g/mol. The van der Waals surface area contributed by atoms with Crippen LogP contribution in [0.2, 0.25) is 0 Å². The van der Waals surface area contributed by atoms with E-state index in [1.54, 1.807) is 22.2 Å². The predicted octanol–water partition coefficient (Wildman–Crippen LogP) is 3.42. The maximum atomic E-state index is 12.8. The van der Waals surface area contributed by atoms with Crippen LogP contribution in [0.15, 0.2) is 41.5 Å². The molecule has 0 spiro atoms. The minimum absolute atomic E-state index is 0.0751. The standard InChI is InChI=1S/C18H18N2O2S/c21-18-16-14-8-4-5-9-15(14)23-17(16)19-12-20(18)10-11-22-13-6-2-1-3-7-13/h1-3,6-7,12H,4-5,8-11H2. The van der Waals surface area contributed by atoms with E-state index < -0.39 is 0 Å². The van der Waals surface area contributed by atoms with Gasteiger partial charge in [0.15, 0.2) is 0 Å². The average Bonchev–Trinajstić information content (AvgIpc) is 2.97. The Labute approximate surface area is 138 Å². The van der Waals surface area contributed by atoms with Crippen LogP contribution in [-0.4, -0.2) is 16.2 Å². The van der Waals surface area contributed by atoms with Gasteiger partial charge in [-0.3, -0.25) is 9.36 Å². The third kappa shape index (κ3) is 2.77. The lowest BCUT2D eigenvalue weighted by atomic mass is 9.97. The summed E-state index contributed by atoms with van der Waals surface area (Å²) in [5.74, 6) is 0.822. The molecule has 0 fully saturated rings. The van der Waals surface area contributed by atoms with Crippen molar-refractivity contribution >= 4 is 21.6 Å². The van der Waals surface area contributed by atoms with Crippen LogP contribution in [-0.2, 0) is 19.4 Å². The summed E-state index contributed by atoms with van der Waals surface area (Å²) in [5.41, 5.74) is 1.32. The van der Waals surface area contributed by atoms with Crippen LogP contribution in [0.3, 0.4) is 0 Å². The maximum Gasteiger partial charge on any atom is 0.262 e. The number of para-hydroxylation sites is 1.